The summed E-state index contributed by atoms with van der Waals surface area (Å²) in [6, 6.07) is 2.66. The molecular weight excluding hydrogens is 382 g/mol. The van der Waals surface area contributed by atoms with E-state index in [0.717, 1.165) is 57.6 Å². The number of H-pyrrole nitrogens is 1. The average molecular weight is 410 g/mol. The van der Waals surface area contributed by atoms with Crippen LogP contribution in [0.1, 0.15) is 37.8 Å². The molecule has 0 spiro atoms. The molecule has 1 N–H and O–H groups in total. The second kappa shape index (κ2) is 6.81. The lowest BCUT2D eigenvalue weighted by Crippen LogP contribution is -2.50. The molecule has 152 valence electrons. The van der Waals surface area contributed by atoms with E-state index in [9.17, 15) is 0 Å². The number of pyridine rings is 1. The molecule has 7 nitrogen and oxygen atoms in total. The number of piperazine rings is 1. The number of aromatic nitrogens is 5. The maximum atomic E-state index is 5.11. The van der Waals surface area contributed by atoms with Crippen molar-refractivity contribution in [3.8, 4) is 11.3 Å². The molecule has 0 radical (unpaired) electrons. The van der Waals surface area contributed by atoms with E-state index in [4.69, 9.17) is 4.98 Å². The Morgan fingerprint density at radius 2 is 2.10 bits per heavy atom. The Hall–Kier alpha value is -2.45. The molecule has 5 rings (SSSR count). The first-order valence-corrected chi connectivity index (χ1v) is 11.0. The molecule has 1 aliphatic rings. The van der Waals surface area contributed by atoms with Crippen LogP contribution in [0.25, 0.3) is 27.3 Å². The summed E-state index contributed by atoms with van der Waals surface area (Å²) in [6.07, 6.45) is 3.66. The van der Waals surface area contributed by atoms with Crippen LogP contribution in [0.2, 0.25) is 0 Å². The highest BCUT2D eigenvalue weighted by Crippen LogP contribution is 2.40. The Morgan fingerprint density at radius 1 is 1.28 bits per heavy atom. The van der Waals surface area contributed by atoms with Crippen molar-refractivity contribution >= 4 is 32.5 Å². The van der Waals surface area contributed by atoms with Crippen LogP contribution in [0.3, 0.4) is 0 Å². The van der Waals surface area contributed by atoms with Gasteiger partial charge in [0, 0.05) is 43.0 Å². The van der Waals surface area contributed by atoms with E-state index in [1.54, 1.807) is 17.7 Å². The fourth-order valence-electron chi connectivity index (χ4n) is 4.44. The summed E-state index contributed by atoms with van der Waals surface area (Å²) >= 11 is 1.77. The number of thiazole rings is 1. The van der Waals surface area contributed by atoms with Gasteiger partial charge in [-0.3, -0.25) is 0 Å². The second-order valence-corrected chi connectivity index (χ2v) is 9.46. The Balaban J connectivity index is 1.61. The second-order valence-electron chi connectivity index (χ2n) is 8.49. The van der Waals surface area contributed by atoms with Crippen LogP contribution < -0.4 is 4.90 Å². The minimum Gasteiger partial charge on any atom is -0.345 e. The molecule has 0 amide bonds. The van der Waals surface area contributed by atoms with Crippen LogP contribution in [0.15, 0.2) is 18.6 Å². The molecule has 1 fully saturated rings. The fourth-order valence-corrected chi connectivity index (χ4v) is 5.56. The van der Waals surface area contributed by atoms with Gasteiger partial charge >= 0.3 is 0 Å². The van der Waals surface area contributed by atoms with Gasteiger partial charge < -0.3 is 14.8 Å². The van der Waals surface area contributed by atoms with Crippen LogP contribution in [0.5, 0.6) is 0 Å². The Labute approximate surface area is 174 Å². The van der Waals surface area contributed by atoms with Gasteiger partial charge in [0.1, 0.15) is 16.7 Å². The van der Waals surface area contributed by atoms with Gasteiger partial charge in [-0.25, -0.2) is 14.5 Å². The van der Waals surface area contributed by atoms with Crippen molar-refractivity contribution in [2.24, 2.45) is 0 Å². The Bertz CT molecular complexity index is 1180. The van der Waals surface area contributed by atoms with Crippen molar-refractivity contribution in [2.45, 2.75) is 39.7 Å². The van der Waals surface area contributed by atoms with Crippen molar-refractivity contribution in [1.82, 2.24) is 29.5 Å². The van der Waals surface area contributed by atoms with Crippen molar-refractivity contribution in [3.63, 3.8) is 0 Å². The highest BCUT2D eigenvalue weighted by atomic mass is 32.1. The third-order valence-electron chi connectivity index (χ3n) is 5.88. The average Bonchev–Trinajstić information content (AvgIpc) is 3.34. The Morgan fingerprint density at radius 3 is 2.86 bits per heavy atom. The number of hydrogen-bond acceptors (Lipinski definition) is 6. The molecule has 0 saturated carbocycles. The highest BCUT2D eigenvalue weighted by Gasteiger charge is 2.27. The lowest BCUT2D eigenvalue weighted by molar-refractivity contribution is 0.275. The number of nitrogens with zero attached hydrogens (tertiary/aromatic N) is 6. The van der Waals surface area contributed by atoms with Gasteiger partial charge in [-0.05, 0) is 38.4 Å². The van der Waals surface area contributed by atoms with E-state index in [2.05, 4.69) is 71.9 Å². The fraction of sp³-hybridized carbons (Fsp3) is 0.476. The van der Waals surface area contributed by atoms with Gasteiger partial charge in [0.15, 0.2) is 10.8 Å². The minimum atomic E-state index is 0.366. The predicted octanol–water partition coefficient (Wildman–Crippen LogP) is 3.91. The largest absolute Gasteiger partial charge is 0.345 e. The molecule has 8 heteroatoms. The molecule has 0 unspecified atom stereocenters. The summed E-state index contributed by atoms with van der Waals surface area (Å²) in [5.41, 5.74) is 6.68. The standard InChI is InChI=1S/C21H27N7S/c1-12(2)16-17(15-8-13(3)19-22-11-23-28(19)10-15)24-20-18(16)25-21(29-20)27-7-6-26(5)9-14(27)4/h8,10-12,14,24H,6-7,9H2,1-5H3/t14-/m1/s1. The highest BCUT2D eigenvalue weighted by molar-refractivity contribution is 7.21. The number of rotatable bonds is 3. The lowest BCUT2D eigenvalue weighted by Gasteiger charge is -2.38. The molecule has 0 aromatic carbocycles. The molecule has 4 aromatic heterocycles. The van der Waals surface area contributed by atoms with E-state index < -0.39 is 0 Å². The number of hydrogen-bond donors (Lipinski definition) is 1. The topological polar surface area (TPSA) is 65.4 Å². The first-order chi connectivity index (χ1) is 13.9. The zero-order chi connectivity index (χ0) is 20.3. The number of nitrogens with one attached hydrogen (secondary N) is 1. The maximum Gasteiger partial charge on any atom is 0.188 e. The SMILES string of the molecule is Cc1cc(-c2[nH]c3sc(N4CCN(C)C[C@H]4C)nc3c2C(C)C)cn2ncnc12. The van der Waals surface area contributed by atoms with E-state index in [0.29, 0.717) is 12.0 Å². The molecule has 0 aliphatic carbocycles. The molecule has 5 heterocycles. The molecule has 1 atom stereocenters. The number of aryl methyl sites for hydroxylation is 1. The zero-order valence-corrected chi connectivity index (χ0v) is 18.4. The number of likely N-dealkylation sites (N-methyl/N-ethyl adjacent to an activating group) is 1. The van der Waals surface area contributed by atoms with Gasteiger partial charge in [-0.15, -0.1) is 0 Å². The van der Waals surface area contributed by atoms with Crippen LogP contribution in [0, 0.1) is 6.92 Å². The van der Waals surface area contributed by atoms with Crippen LogP contribution in [-0.2, 0) is 0 Å². The molecule has 29 heavy (non-hydrogen) atoms. The summed E-state index contributed by atoms with van der Waals surface area (Å²) in [5.74, 6) is 0.366. The zero-order valence-electron chi connectivity index (χ0n) is 17.6. The molecule has 4 aromatic rings. The van der Waals surface area contributed by atoms with Crippen molar-refractivity contribution in [3.05, 3.63) is 29.7 Å². The van der Waals surface area contributed by atoms with Gasteiger partial charge in [0.25, 0.3) is 0 Å². The van der Waals surface area contributed by atoms with Crippen molar-refractivity contribution in [1.29, 1.82) is 0 Å². The number of anilines is 1. The van der Waals surface area contributed by atoms with E-state index in [1.165, 1.54) is 5.56 Å². The summed E-state index contributed by atoms with van der Waals surface area (Å²) in [5, 5.41) is 5.47. The summed E-state index contributed by atoms with van der Waals surface area (Å²) in [4.78, 5) is 19.1. The normalized spacial score (nSPS) is 18.6. The molecular formula is C21H27N7S. The smallest absolute Gasteiger partial charge is 0.188 e. The maximum absolute atomic E-state index is 5.11. The van der Waals surface area contributed by atoms with Crippen LogP contribution >= 0.6 is 11.3 Å². The van der Waals surface area contributed by atoms with Crippen LogP contribution in [0.4, 0.5) is 5.13 Å². The van der Waals surface area contributed by atoms with Crippen LogP contribution in [-0.4, -0.2) is 62.2 Å². The minimum absolute atomic E-state index is 0.366. The van der Waals surface area contributed by atoms with Gasteiger partial charge in [0.05, 0.1) is 5.69 Å². The summed E-state index contributed by atoms with van der Waals surface area (Å²) in [6.45, 7) is 12.0. The van der Waals surface area contributed by atoms with Gasteiger partial charge in [0.2, 0.25) is 0 Å². The van der Waals surface area contributed by atoms with Gasteiger partial charge in [-0.2, -0.15) is 5.10 Å². The van der Waals surface area contributed by atoms with E-state index >= 15 is 0 Å². The van der Waals surface area contributed by atoms with E-state index in [1.807, 2.05) is 4.52 Å². The summed E-state index contributed by atoms with van der Waals surface area (Å²) < 4.78 is 1.86. The number of aromatic amines is 1. The van der Waals surface area contributed by atoms with Crippen molar-refractivity contribution in [2.75, 3.05) is 31.6 Å². The first kappa shape index (κ1) is 18.6. The van der Waals surface area contributed by atoms with E-state index in [-0.39, 0.29) is 0 Å². The Kier molecular flexibility index (Phi) is 4.36. The predicted molar refractivity (Wildman–Crippen MR) is 119 cm³/mol. The van der Waals surface area contributed by atoms with Gasteiger partial charge in [-0.1, -0.05) is 25.2 Å². The quantitative estimate of drug-likeness (QED) is 0.556. The molecule has 1 aliphatic heterocycles. The number of fused-ring (bicyclic) bond motifs is 2. The monoisotopic (exact) mass is 409 g/mol. The molecule has 0 bridgehead atoms. The third-order valence-corrected chi connectivity index (χ3v) is 6.89. The first-order valence-electron chi connectivity index (χ1n) is 10.2. The van der Waals surface area contributed by atoms with Crippen molar-refractivity contribution < 1.29 is 0 Å². The third kappa shape index (κ3) is 3.02. The lowest BCUT2D eigenvalue weighted by atomic mass is 9.99. The summed E-state index contributed by atoms with van der Waals surface area (Å²) in [7, 11) is 2.19. The molecule has 1 saturated heterocycles.